The smallest absolute Gasteiger partial charge is 0.303 e. The Morgan fingerprint density at radius 1 is 0.741 bits per heavy atom. The quantitative estimate of drug-likeness (QED) is 0.447. The lowest BCUT2D eigenvalue weighted by Gasteiger charge is -2.43. The summed E-state index contributed by atoms with van der Waals surface area (Å²) in [6.45, 7) is 5.51. The van der Waals surface area contributed by atoms with E-state index in [9.17, 15) is 24.0 Å². The molecular weight excluding hydrogens is 384 g/mol. The average molecular weight is 406 g/mol. The molecule has 1 rings (SSSR count). The lowest BCUT2D eigenvalue weighted by molar-refractivity contribution is -0.237. The van der Waals surface area contributed by atoms with Crippen LogP contribution in [0.1, 0.15) is 34.6 Å². The Morgan fingerprint density at radius 2 is 1.22 bits per heavy atom. The van der Waals surface area contributed by atoms with Crippen molar-refractivity contribution in [3.05, 3.63) is 0 Å². The standard InChI is InChI=1S/C16H22O10S/c1-7(17)22-6-12-13(23-8(2)18)14(24-9(3)19)15(25-10(4)20)16(26-12)27-11(5)21/h12-16H,6H2,1-5H3/t12?,13-,14?,15-,16-/m0/s1. The van der Waals surface area contributed by atoms with Gasteiger partial charge in [0.25, 0.3) is 0 Å². The van der Waals surface area contributed by atoms with Gasteiger partial charge < -0.3 is 23.7 Å². The van der Waals surface area contributed by atoms with Gasteiger partial charge in [-0.15, -0.1) is 0 Å². The summed E-state index contributed by atoms with van der Waals surface area (Å²) in [5, 5.41) is -0.351. The summed E-state index contributed by atoms with van der Waals surface area (Å²) in [6.07, 6.45) is -4.76. The third-order valence-electron chi connectivity index (χ3n) is 3.23. The molecule has 11 heteroatoms. The van der Waals surface area contributed by atoms with Crippen molar-refractivity contribution in [3.8, 4) is 0 Å². The minimum absolute atomic E-state index is 0.327. The molecular formula is C16H22O10S. The van der Waals surface area contributed by atoms with Crippen molar-refractivity contribution in [2.24, 2.45) is 0 Å². The molecule has 1 heterocycles. The molecule has 5 atom stereocenters. The van der Waals surface area contributed by atoms with Crippen molar-refractivity contribution in [2.75, 3.05) is 6.61 Å². The first-order chi connectivity index (χ1) is 12.5. The van der Waals surface area contributed by atoms with Crippen LogP contribution in [0.25, 0.3) is 0 Å². The van der Waals surface area contributed by atoms with Crippen LogP contribution in [0, 0.1) is 0 Å². The number of hydrogen-bond donors (Lipinski definition) is 0. The highest BCUT2D eigenvalue weighted by molar-refractivity contribution is 8.14. The summed E-state index contributed by atoms with van der Waals surface area (Å²) in [6, 6.07) is 0. The van der Waals surface area contributed by atoms with Gasteiger partial charge in [0.2, 0.25) is 0 Å². The van der Waals surface area contributed by atoms with E-state index in [0.717, 1.165) is 20.8 Å². The van der Waals surface area contributed by atoms with Crippen LogP contribution in [0.2, 0.25) is 0 Å². The second-order valence-corrected chi connectivity index (χ2v) is 6.95. The fraction of sp³-hybridized carbons (Fsp3) is 0.688. The van der Waals surface area contributed by atoms with Crippen LogP contribution in [-0.2, 0) is 47.7 Å². The van der Waals surface area contributed by atoms with E-state index in [4.69, 9.17) is 23.7 Å². The van der Waals surface area contributed by atoms with Crippen LogP contribution in [0.4, 0.5) is 0 Å². The fourth-order valence-corrected chi connectivity index (χ4v) is 3.32. The minimum atomic E-state index is -1.26. The van der Waals surface area contributed by atoms with E-state index in [0.29, 0.717) is 11.8 Å². The van der Waals surface area contributed by atoms with Gasteiger partial charge in [0.1, 0.15) is 12.7 Å². The molecule has 2 unspecified atom stereocenters. The highest BCUT2D eigenvalue weighted by atomic mass is 32.2. The largest absolute Gasteiger partial charge is 0.463 e. The molecule has 0 bridgehead atoms. The topological polar surface area (TPSA) is 132 Å². The van der Waals surface area contributed by atoms with Crippen LogP contribution >= 0.6 is 11.8 Å². The Balaban J connectivity index is 3.29. The van der Waals surface area contributed by atoms with Gasteiger partial charge in [-0.1, -0.05) is 11.8 Å². The molecule has 0 N–H and O–H groups in total. The van der Waals surface area contributed by atoms with Crippen molar-refractivity contribution in [1.29, 1.82) is 0 Å². The molecule has 1 fully saturated rings. The maximum absolute atomic E-state index is 11.6. The molecule has 0 aromatic rings. The lowest BCUT2D eigenvalue weighted by Crippen LogP contribution is -2.61. The normalized spacial score (nSPS) is 27.2. The maximum atomic E-state index is 11.6. The van der Waals surface area contributed by atoms with E-state index >= 15 is 0 Å². The molecule has 0 aromatic heterocycles. The molecule has 0 spiro atoms. The molecule has 1 aliphatic heterocycles. The summed E-state index contributed by atoms with van der Waals surface area (Å²) < 4.78 is 26.2. The van der Waals surface area contributed by atoms with E-state index in [1.165, 1.54) is 13.8 Å². The number of carbonyl (C=O) groups is 5. The summed E-state index contributed by atoms with van der Waals surface area (Å²) >= 11 is 0.705. The zero-order valence-electron chi connectivity index (χ0n) is 15.6. The predicted molar refractivity (Wildman–Crippen MR) is 90.2 cm³/mol. The van der Waals surface area contributed by atoms with Gasteiger partial charge in [0.05, 0.1) is 0 Å². The van der Waals surface area contributed by atoms with E-state index in [1.54, 1.807) is 0 Å². The molecule has 27 heavy (non-hydrogen) atoms. The van der Waals surface area contributed by atoms with Crippen molar-refractivity contribution < 1.29 is 47.7 Å². The van der Waals surface area contributed by atoms with Gasteiger partial charge in [-0.3, -0.25) is 24.0 Å². The number of esters is 4. The molecule has 152 valence electrons. The van der Waals surface area contributed by atoms with Crippen LogP contribution in [-0.4, -0.2) is 65.5 Å². The number of thioether (sulfide) groups is 1. The Bertz CT molecular complexity index is 604. The highest BCUT2D eigenvalue weighted by Gasteiger charge is 2.52. The monoisotopic (exact) mass is 406 g/mol. The fourth-order valence-electron chi connectivity index (χ4n) is 2.45. The zero-order chi connectivity index (χ0) is 20.7. The maximum Gasteiger partial charge on any atom is 0.303 e. The van der Waals surface area contributed by atoms with Crippen LogP contribution in [0.5, 0.6) is 0 Å². The number of hydrogen-bond acceptors (Lipinski definition) is 11. The zero-order valence-corrected chi connectivity index (χ0v) is 16.4. The molecule has 10 nitrogen and oxygen atoms in total. The molecule has 0 saturated carbocycles. The van der Waals surface area contributed by atoms with Crippen molar-refractivity contribution in [3.63, 3.8) is 0 Å². The van der Waals surface area contributed by atoms with Crippen LogP contribution < -0.4 is 0 Å². The van der Waals surface area contributed by atoms with Crippen molar-refractivity contribution in [2.45, 2.75) is 64.5 Å². The van der Waals surface area contributed by atoms with Crippen molar-refractivity contribution in [1.82, 2.24) is 0 Å². The number of ether oxygens (including phenoxy) is 5. The first kappa shape index (κ1) is 22.9. The second-order valence-electron chi connectivity index (χ2n) is 5.68. The second kappa shape index (κ2) is 10.3. The van der Waals surface area contributed by atoms with E-state index in [-0.39, 0.29) is 11.7 Å². The summed E-state index contributed by atoms with van der Waals surface area (Å²) in [7, 11) is 0. The third kappa shape index (κ3) is 7.55. The molecule has 1 saturated heterocycles. The van der Waals surface area contributed by atoms with Gasteiger partial charge in [-0.25, -0.2) is 0 Å². The van der Waals surface area contributed by atoms with E-state index in [1.807, 2.05) is 0 Å². The molecule has 0 radical (unpaired) electrons. The Labute approximate surface area is 160 Å². The Morgan fingerprint density at radius 3 is 1.67 bits per heavy atom. The third-order valence-corrected chi connectivity index (χ3v) is 4.17. The average Bonchev–Trinajstić information content (AvgIpc) is 2.49. The first-order valence-electron chi connectivity index (χ1n) is 7.99. The summed E-state index contributed by atoms with van der Waals surface area (Å²) in [4.78, 5) is 57.3. The van der Waals surface area contributed by atoms with E-state index < -0.39 is 53.7 Å². The van der Waals surface area contributed by atoms with Gasteiger partial charge in [0, 0.05) is 34.6 Å². The molecule has 0 aliphatic carbocycles. The highest BCUT2D eigenvalue weighted by Crippen LogP contribution is 2.34. The van der Waals surface area contributed by atoms with Gasteiger partial charge >= 0.3 is 23.9 Å². The van der Waals surface area contributed by atoms with Crippen molar-refractivity contribution >= 4 is 40.8 Å². The van der Waals surface area contributed by atoms with Gasteiger partial charge in [0.15, 0.2) is 28.9 Å². The molecule has 0 aromatic carbocycles. The Hall–Kier alpha value is -2.14. The van der Waals surface area contributed by atoms with E-state index in [2.05, 4.69) is 0 Å². The Kier molecular flexibility index (Phi) is 8.70. The van der Waals surface area contributed by atoms with Gasteiger partial charge in [-0.05, 0) is 0 Å². The van der Waals surface area contributed by atoms with Crippen LogP contribution in [0.3, 0.4) is 0 Å². The predicted octanol–water partition coefficient (Wildman–Crippen LogP) is 0.349. The first-order valence-corrected chi connectivity index (χ1v) is 8.87. The molecule has 1 aliphatic rings. The number of rotatable bonds is 6. The summed E-state index contributed by atoms with van der Waals surface area (Å²) in [5.41, 5.74) is -1.07. The minimum Gasteiger partial charge on any atom is -0.463 e. The van der Waals surface area contributed by atoms with Crippen LogP contribution in [0.15, 0.2) is 0 Å². The lowest BCUT2D eigenvalue weighted by atomic mass is 9.99. The SMILES string of the molecule is CC(=O)OCC1O[C@@H](SC(C)=O)[C@@H](OC(C)=O)C(OC(C)=O)[C@H]1OC(C)=O. The van der Waals surface area contributed by atoms with Gasteiger partial charge in [-0.2, -0.15) is 0 Å². The molecule has 0 amide bonds. The summed E-state index contributed by atoms with van der Waals surface area (Å²) in [5.74, 6) is -2.76. The number of carbonyl (C=O) groups excluding carboxylic acids is 5.